The van der Waals surface area contributed by atoms with Crippen LogP contribution >= 0.6 is 0 Å². The number of hydrogen-bond donors (Lipinski definition) is 1. The summed E-state index contributed by atoms with van der Waals surface area (Å²) >= 11 is 0. The minimum atomic E-state index is -4.12. The largest absolute Gasteiger partial charge is 0.494 e. The Hall–Kier alpha value is -3.85. The number of rotatable bonds is 14. The van der Waals surface area contributed by atoms with Crippen LogP contribution in [0.15, 0.2) is 83.8 Å². The first-order valence-corrected chi connectivity index (χ1v) is 15.4. The molecule has 1 N–H and O–H groups in total. The van der Waals surface area contributed by atoms with Gasteiger partial charge in [-0.1, -0.05) is 68.8 Å². The maximum Gasteiger partial charge on any atom is 0.264 e. The average molecular weight is 580 g/mol. The van der Waals surface area contributed by atoms with Gasteiger partial charge in [0.05, 0.1) is 17.2 Å². The van der Waals surface area contributed by atoms with E-state index in [1.807, 2.05) is 58.9 Å². The van der Waals surface area contributed by atoms with Crippen LogP contribution < -0.4 is 14.4 Å². The lowest BCUT2D eigenvalue weighted by molar-refractivity contribution is -0.140. The lowest BCUT2D eigenvalue weighted by Crippen LogP contribution is -2.52. The molecule has 0 radical (unpaired) electrons. The zero-order chi connectivity index (χ0) is 30.0. The monoisotopic (exact) mass is 579 g/mol. The third-order valence-electron chi connectivity index (χ3n) is 6.59. The lowest BCUT2D eigenvalue weighted by atomic mass is 10.1. The van der Waals surface area contributed by atoms with Crippen LogP contribution in [0.3, 0.4) is 0 Å². The maximum absolute atomic E-state index is 14.1. The lowest BCUT2D eigenvalue weighted by Gasteiger charge is -2.33. The number of amides is 2. The molecule has 0 aromatic heterocycles. The number of nitrogens with one attached hydrogen (secondary N) is 1. The Labute approximate surface area is 244 Å². The van der Waals surface area contributed by atoms with Gasteiger partial charge in [-0.2, -0.15) is 0 Å². The van der Waals surface area contributed by atoms with Crippen molar-refractivity contribution in [1.29, 1.82) is 0 Å². The molecule has 3 aromatic rings. The summed E-state index contributed by atoms with van der Waals surface area (Å²) in [5.74, 6) is 0.0862. The highest BCUT2D eigenvalue weighted by atomic mass is 32.2. The fourth-order valence-corrected chi connectivity index (χ4v) is 5.79. The summed E-state index contributed by atoms with van der Waals surface area (Å²) in [5.41, 5.74) is 2.24. The number of hydrogen-bond acceptors (Lipinski definition) is 5. The van der Waals surface area contributed by atoms with Gasteiger partial charge in [-0.05, 0) is 68.1 Å². The van der Waals surface area contributed by atoms with Gasteiger partial charge in [-0.25, -0.2) is 8.42 Å². The van der Waals surface area contributed by atoms with Gasteiger partial charge in [0.1, 0.15) is 18.3 Å². The van der Waals surface area contributed by atoms with Gasteiger partial charge in [0, 0.05) is 13.1 Å². The van der Waals surface area contributed by atoms with E-state index < -0.39 is 28.5 Å². The number of ether oxygens (including phenoxy) is 1. The summed E-state index contributed by atoms with van der Waals surface area (Å²) < 4.78 is 34.4. The van der Waals surface area contributed by atoms with Crippen LogP contribution in [0.5, 0.6) is 5.75 Å². The molecule has 0 saturated carbocycles. The zero-order valence-corrected chi connectivity index (χ0v) is 25.4. The molecular formula is C32H41N3O5S. The fourth-order valence-electron chi connectivity index (χ4n) is 4.36. The maximum atomic E-state index is 14.1. The van der Waals surface area contributed by atoms with E-state index in [9.17, 15) is 18.0 Å². The average Bonchev–Trinajstić information content (AvgIpc) is 2.96. The van der Waals surface area contributed by atoms with Gasteiger partial charge in [-0.3, -0.25) is 13.9 Å². The van der Waals surface area contributed by atoms with E-state index in [-0.39, 0.29) is 23.3 Å². The SMILES string of the molecule is CCOc1ccc(N(CC(=O)N(Cc2ccc(C)cc2)[C@H](CC)C(=O)NCC(C)C)S(=O)(=O)c2ccccc2)cc1. The van der Waals surface area contributed by atoms with E-state index in [0.29, 0.717) is 31.0 Å². The van der Waals surface area contributed by atoms with Crippen molar-refractivity contribution in [2.24, 2.45) is 5.92 Å². The third-order valence-corrected chi connectivity index (χ3v) is 8.38. The molecule has 9 heteroatoms. The summed E-state index contributed by atoms with van der Waals surface area (Å²) in [7, 11) is -4.12. The Morgan fingerprint density at radius 2 is 1.54 bits per heavy atom. The second-order valence-electron chi connectivity index (χ2n) is 10.3. The van der Waals surface area contributed by atoms with Gasteiger partial charge < -0.3 is 15.0 Å². The van der Waals surface area contributed by atoms with Gasteiger partial charge >= 0.3 is 0 Å². The van der Waals surface area contributed by atoms with Crippen molar-refractivity contribution in [3.63, 3.8) is 0 Å². The van der Waals surface area contributed by atoms with Crippen LogP contribution in [-0.4, -0.2) is 50.9 Å². The van der Waals surface area contributed by atoms with E-state index in [1.165, 1.54) is 17.0 Å². The highest BCUT2D eigenvalue weighted by Gasteiger charge is 2.33. The highest BCUT2D eigenvalue weighted by Crippen LogP contribution is 2.27. The van der Waals surface area contributed by atoms with Crippen molar-refractivity contribution in [3.8, 4) is 5.75 Å². The van der Waals surface area contributed by atoms with E-state index in [0.717, 1.165) is 15.4 Å². The molecule has 0 heterocycles. The summed E-state index contributed by atoms with van der Waals surface area (Å²) in [6.07, 6.45) is 0.371. The normalized spacial score (nSPS) is 12.0. The van der Waals surface area contributed by atoms with Crippen molar-refractivity contribution in [2.75, 3.05) is 24.0 Å². The number of anilines is 1. The van der Waals surface area contributed by atoms with Crippen LogP contribution in [0.1, 0.15) is 45.2 Å². The second kappa shape index (κ2) is 14.7. The molecule has 8 nitrogen and oxygen atoms in total. The minimum absolute atomic E-state index is 0.0634. The first-order valence-electron chi connectivity index (χ1n) is 14.0. The minimum Gasteiger partial charge on any atom is -0.494 e. The predicted octanol–water partition coefficient (Wildman–Crippen LogP) is 5.17. The molecule has 0 fully saturated rings. The highest BCUT2D eigenvalue weighted by molar-refractivity contribution is 7.92. The molecule has 0 aliphatic carbocycles. The quantitative estimate of drug-likeness (QED) is 0.284. The molecule has 220 valence electrons. The summed E-state index contributed by atoms with van der Waals surface area (Å²) in [6.45, 7) is 10.3. The Kier molecular flexibility index (Phi) is 11.3. The van der Waals surface area contributed by atoms with Crippen molar-refractivity contribution < 1.29 is 22.7 Å². The summed E-state index contributed by atoms with van der Waals surface area (Å²) in [5, 5.41) is 2.94. The third kappa shape index (κ3) is 8.57. The molecule has 0 bridgehead atoms. The number of sulfonamides is 1. The molecule has 0 unspecified atom stereocenters. The molecule has 0 aliphatic heterocycles. The van der Waals surface area contributed by atoms with Crippen LogP contribution in [-0.2, 0) is 26.2 Å². The number of carbonyl (C=O) groups is 2. The van der Waals surface area contributed by atoms with Gasteiger partial charge in [0.2, 0.25) is 11.8 Å². The first kappa shape index (κ1) is 31.7. The molecular weight excluding hydrogens is 538 g/mol. The molecule has 0 saturated heterocycles. The molecule has 3 aromatic carbocycles. The van der Waals surface area contributed by atoms with Gasteiger partial charge in [0.15, 0.2) is 0 Å². The zero-order valence-electron chi connectivity index (χ0n) is 24.5. The molecule has 2 amide bonds. The Morgan fingerprint density at radius 1 is 0.902 bits per heavy atom. The van der Waals surface area contributed by atoms with Crippen LogP contribution in [0.4, 0.5) is 5.69 Å². The topological polar surface area (TPSA) is 96.0 Å². The van der Waals surface area contributed by atoms with Crippen molar-refractivity contribution in [2.45, 2.75) is 58.5 Å². The molecule has 1 atom stereocenters. The second-order valence-corrected chi connectivity index (χ2v) is 12.2. The number of aryl methyl sites for hydroxylation is 1. The van der Waals surface area contributed by atoms with Crippen LogP contribution in [0.25, 0.3) is 0 Å². The standard InChI is InChI=1S/C32H41N3O5S/c1-6-30(32(37)33-21-24(3)4)34(22-26-15-13-25(5)14-16-26)31(36)23-35(27-17-19-28(20-18-27)40-7-2)41(38,39)29-11-9-8-10-12-29/h8-20,24,30H,6-7,21-23H2,1-5H3,(H,33,37)/t30-/m1/s1. The Bertz CT molecular complexity index is 1380. The molecule has 0 aliphatic rings. The number of nitrogens with zero attached hydrogens (tertiary/aromatic N) is 2. The van der Waals surface area contributed by atoms with E-state index in [1.54, 1.807) is 42.5 Å². The van der Waals surface area contributed by atoms with Crippen LogP contribution in [0.2, 0.25) is 0 Å². The summed E-state index contributed by atoms with van der Waals surface area (Å²) in [4.78, 5) is 28.9. The van der Waals surface area contributed by atoms with Crippen molar-refractivity contribution in [3.05, 3.63) is 90.0 Å². The van der Waals surface area contributed by atoms with Crippen molar-refractivity contribution >= 4 is 27.5 Å². The Balaban J connectivity index is 2.03. The van der Waals surface area contributed by atoms with E-state index in [4.69, 9.17) is 4.74 Å². The Morgan fingerprint density at radius 3 is 2.10 bits per heavy atom. The first-order chi connectivity index (χ1) is 19.6. The summed E-state index contributed by atoms with van der Waals surface area (Å²) in [6, 6.07) is 21.6. The smallest absolute Gasteiger partial charge is 0.264 e. The van der Waals surface area contributed by atoms with Gasteiger partial charge in [-0.15, -0.1) is 0 Å². The molecule has 0 spiro atoms. The predicted molar refractivity (Wildman–Crippen MR) is 162 cm³/mol. The molecule has 41 heavy (non-hydrogen) atoms. The van der Waals surface area contributed by atoms with Crippen LogP contribution in [0, 0.1) is 12.8 Å². The number of benzene rings is 3. The van der Waals surface area contributed by atoms with E-state index in [2.05, 4.69) is 5.32 Å². The van der Waals surface area contributed by atoms with Crippen molar-refractivity contribution in [1.82, 2.24) is 10.2 Å². The van der Waals surface area contributed by atoms with Gasteiger partial charge in [0.25, 0.3) is 10.0 Å². The fraction of sp³-hybridized carbons (Fsp3) is 0.375. The van der Waals surface area contributed by atoms with E-state index >= 15 is 0 Å². The number of carbonyl (C=O) groups excluding carboxylic acids is 2. The molecule has 3 rings (SSSR count).